The Hall–Kier alpha value is -3.86. The molecule has 0 radical (unpaired) electrons. The maximum absolute atomic E-state index is 13.7. The van der Waals surface area contributed by atoms with Gasteiger partial charge in [0.25, 0.3) is 5.91 Å². The molecule has 0 aliphatic heterocycles. The normalized spacial score (nSPS) is 11.4. The first-order valence-electron chi connectivity index (χ1n) is 11.4. The van der Waals surface area contributed by atoms with E-state index in [4.69, 9.17) is 4.74 Å². The number of H-pyrrole nitrogens is 1. The quantitative estimate of drug-likeness (QED) is 0.338. The third-order valence-corrected chi connectivity index (χ3v) is 6.00. The van der Waals surface area contributed by atoms with E-state index in [1.807, 2.05) is 45.0 Å². The Balaban J connectivity index is 1.40. The maximum Gasteiger partial charge on any atom is 0.410 e. The molecular formula is C25H27FN6O3S. The first kappa shape index (κ1) is 25.2. The van der Waals surface area contributed by atoms with Gasteiger partial charge in [0.15, 0.2) is 0 Å². The van der Waals surface area contributed by atoms with Gasteiger partial charge < -0.3 is 19.9 Å². The number of halogens is 1. The molecule has 9 nitrogen and oxygen atoms in total. The molecular weight excluding hydrogens is 483 g/mol. The number of hydrogen-bond donors (Lipinski definition) is 2. The molecule has 188 valence electrons. The number of carbonyl (C=O) groups excluding carboxylic acids is 2. The van der Waals surface area contributed by atoms with Crippen molar-refractivity contribution < 1.29 is 18.7 Å². The number of ether oxygens (including phenoxy) is 1. The van der Waals surface area contributed by atoms with Gasteiger partial charge in [-0.1, -0.05) is 18.2 Å². The number of nitrogens with zero attached hydrogens (tertiary/aromatic N) is 4. The lowest BCUT2D eigenvalue weighted by Gasteiger charge is -2.26. The molecule has 0 saturated heterocycles. The number of hydrogen-bond acceptors (Lipinski definition) is 7. The Kier molecular flexibility index (Phi) is 7.58. The van der Waals surface area contributed by atoms with E-state index in [0.29, 0.717) is 29.4 Å². The number of imidazole rings is 1. The minimum Gasteiger partial charge on any atom is -0.444 e. The van der Waals surface area contributed by atoms with Crippen molar-refractivity contribution in [3.8, 4) is 0 Å². The van der Waals surface area contributed by atoms with Gasteiger partial charge in [-0.25, -0.2) is 19.7 Å². The van der Waals surface area contributed by atoms with E-state index in [0.717, 1.165) is 11.0 Å². The Bertz CT molecular complexity index is 1330. The van der Waals surface area contributed by atoms with Crippen LogP contribution in [-0.4, -0.2) is 49.0 Å². The van der Waals surface area contributed by atoms with Crippen LogP contribution in [0, 0.1) is 5.95 Å². The van der Waals surface area contributed by atoms with Crippen molar-refractivity contribution in [2.75, 3.05) is 6.54 Å². The lowest BCUT2D eigenvalue weighted by atomic mass is 10.2. The zero-order chi connectivity index (χ0) is 25.7. The van der Waals surface area contributed by atoms with Crippen LogP contribution >= 0.6 is 11.3 Å². The van der Waals surface area contributed by atoms with Crippen LogP contribution < -0.4 is 5.32 Å². The number of benzene rings is 1. The monoisotopic (exact) mass is 510 g/mol. The molecule has 2 N–H and O–H groups in total. The number of pyridine rings is 1. The first-order chi connectivity index (χ1) is 17.2. The predicted octanol–water partition coefficient (Wildman–Crippen LogP) is 4.46. The highest BCUT2D eigenvalue weighted by atomic mass is 32.1. The van der Waals surface area contributed by atoms with Crippen molar-refractivity contribution in [2.45, 2.75) is 45.9 Å². The van der Waals surface area contributed by atoms with Crippen LogP contribution in [0.15, 0.2) is 48.0 Å². The largest absolute Gasteiger partial charge is 0.444 e. The summed E-state index contributed by atoms with van der Waals surface area (Å²) < 4.78 is 19.3. The van der Waals surface area contributed by atoms with Crippen LogP contribution in [-0.2, 0) is 24.2 Å². The fraction of sp³-hybridized carbons (Fsp3) is 0.320. The molecule has 36 heavy (non-hydrogen) atoms. The van der Waals surface area contributed by atoms with Gasteiger partial charge in [-0.15, -0.1) is 11.3 Å². The molecule has 3 aromatic heterocycles. The summed E-state index contributed by atoms with van der Waals surface area (Å²) in [7, 11) is 0. The summed E-state index contributed by atoms with van der Waals surface area (Å²) in [6.07, 6.45) is 1.31. The van der Waals surface area contributed by atoms with Crippen molar-refractivity contribution in [3.05, 3.63) is 76.0 Å². The summed E-state index contributed by atoms with van der Waals surface area (Å²) in [4.78, 5) is 42.7. The van der Waals surface area contributed by atoms with Crippen molar-refractivity contribution in [1.29, 1.82) is 0 Å². The highest BCUT2D eigenvalue weighted by Crippen LogP contribution is 2.17. The summed E-state index contributed by atoms with van der Waals surface area (Å²) in [6, 6.07) is 10.8. The number of thiazole rings is 1. The highest BCUT2D eigenvalue weighted by molar-refractivity contribution is 7.09. The maximum atomic E-state index is 13.7. The predicted molar refractivity (Wildman–Crippen MR) is 134 cm³/mol. The number of aromatic nitrogens is 4. The van der Waals surface area contributed by atoms with Gasteiger partial charge in [-0.05, 0) is 39.0 Å². The molecule has 0 aliphatic carbocycles. The molecule has 0 aliphatic rings. The second kappa shape index (κ2) is 10.8. The SMILES string of the molecule is CC(C)(C)OC(=O)N(CCc1nc(C(=O)NCc2cccnc2F)cs1)Cc1nc2ccccc2[nH]1. The molecule has 3 heterocycles. The fourth-order valence-corrected chi connectivity index (χ4v) is 4.17. The topological polar surface area (TPSA) is 113 Å². The van der Waals surface area contributed by atoms with Gasteiger partial charge in [0.1, 0.15) is 17.1 Å². The van der Waals surface area contributed by atoms with Crippen LogP contribution in [0.3, 0.4) is 0 Å². The third-order valence-electron chi connectivity index (χ3n) is 5.09. The molecule has 0 saturated carbocycles. The molecule has 0 atom stereocenters. The van der Waals surface area contributed by atoms with E-state index < -0.39 is 23.5 Å². The Labute approximate surface area is 211 Å². The number of amides is 2. The number of nitrogens with one attached hydrogen (secondary N) is 2. The average molecular weight is 511 g/mol. The van der Waals surface area contributed by atoms with E-state index in [1.165, 1.54) is 17.5 Å². The Morgan fingerprint density at radius 3 is 2.72 bits per heavy atom. The van der Waals surface area contributed by atoms with E-state index in [1.54, 1.807) is 22.4 Å². The fourth-order valence-electron chi connectivity index (χ4n) is 3.40. The number of para-hydroxylation sites is 2. The van der Waals surface area contributed by atoms with Gasteiger partial charge in [0, 0.05) is 36.7 Å². The minimum atomic E-state index is -0.649. The minimum absolute atomic E-state index is 0.00922. The molecule has 1 aromatic carbocycles. The summed E-state index contributed by atoms with van der Waals surface area (Å²) >= 11 is 1.32. The zero-order valence-electron chi connectivity index (χ0n) is 20.2. The molecule has 0 unspecified atom stereocenters. The van der Waals surface area contributed by atoms with Crippen molar-refractivity contribution >= 4 is 34.4 Å². The van der Waals surface area contributed by atoms with E-state index in [-0.39, 0.29) is 18.8 Å². The highest BCUT2D eigenvalue weighted by Gasteiger charge is 2.24. The van der Waals surface area contributed by atoms with Crippen LogP contribution in [0.25, 0.3) is 11.0 Å². The van der Waals surface area contributed by atoms with Gasteiger partial charge in [-0.3, -0.25) is 4.79 Å². The molecule has 2 amide bonds. The van der Waals surface area contributed by atoms with Crippen molar-refractivity contribution in [3.63, 3.8) is 0 Å². The summed E-state index contributed by atoms with van der Waals surface area (Å²) in [5, 5.41) is 4.98. The zero-order valence-corrected chi connectivity index (χ0v) is 21.1. The van der Waals surface area contributed by atoms with Crippen LogP contribution in [0.5, 0.6) is 0 Å². The van der Waals surface area contributed by atoms with Gasteiger partial charge >= 0.3 is 6.09 Å². The Morgan fingerprint density at radius 2 is 1.97 bits per heavy atom. The third kappa shape index (κ3) is 6.63. The molecule has 4 aromatic rings. The standard InChI is InChI=1S/C25H27FN6O3S/c1-25(2,3)35-24(34)32(14-20-29-17-8-4-5-9-18(17)30-20)12-10-21-31-19(15-36-21)23(33)28-13-16-7-6-11-27-22(16)26/h4-9,11,15H,10,12-14H2,1-3H3,(H,28,33)(H,29,30). The lowest BCUT2D eigenvalue weighted by Crippen LogP contribution is -2.38. The molecule has 0 spiro atoms. The van der Waals surface area contributed by atoms with E-state index in [9.17, 15) is 14.0 Å². The first-order valence-corrected chi connectivity index (χ1v) is 12.3. The smallest absolute Gasteiger partial charge is 0.410 e. The van der Waals surface area contributed by atoms with Crippen LogP contribution in [0.2, 0.25) is 0 Å². The van der Waals surface area contributed by atoms with Crippen molar-refractivity contribution in [1.82, 2.24) is 30.2 Å². The molecule has 4 rings (SSSR count). The van der Waals surface area contributed by atoms with E-state index in [2.05, 4.69) is 25.3 Å². The lowest BCUT2D eigenvalue weighted by molar-refractivity contribution is 0.0231. The molecule has 0 fully saturated rings. The van der Waals surface area contributed by atoms with Gasteiger partial charge in [-0.2, -0.15) is 4.39 Å². The second-order valence-electron chi connectivity index (χ2n) is 9.12. The van der Waals surface area contributed by atoms with Crippen molar-refractivity contribution in [2.24, 2.45) is 0 Å². The summed E-state index contributed by atoms with van der Waals surface area (Å²) in [5.41, 5.74) is 1.58. The number of carbonyl (C=O) groups is 2. The van der Waals surface area contributed by atoms with E-state index >= 15 is 0 Å². The average Bonchev–Trinajstić information content (AvgIpc) is 3.46. The molecule has 0 bridgehead atoms. The summed E-state index contributed by atoms with van der Waals surface area (Å²) in [6.45, 7) is 6.00. The number of rotatable bonds is 8. The van der Waals surface area contributed by atoms with Crippen LogP contribution in [0.4, 0.5) is 9.18 Å². The summed E-state index contributed by atoms with van der Waals surface area (Å²) in [5.74, 6) is -0.389. The van der Waals surface area contributed by atoms with Gasteiger partial charge in [0.2, 0.25) is 5.95 Å². The number of fused-ring (bicyclic) bond motifs is 1. The van der Waals surface area contributed by atoms with Gasteiger partial charge in [0.05, 0.1) is 22.6 Å². The number of aromatic amines is 1. The Morgan fingerprint density at radius 1 is 1.17 bits per heavy atom. The molecule has 11 heteroatoms. The second-order valence-corrected chi connectivity index (χ2v) is 10.1. The van der Waals surface area contributed by atoms with Crippen LogP contribution in [0.1, 0.15) is 47.7 Å².